The van der Waals surface area contributed by atoms with Crippen LogP contribution in [0.5, 0.6) is 0 Å². The third kappa shape index (κ3) is 3.60. The Bertz CT molecular complexity index is 822. The Kier molecular flexibility index (Phi) is 5.20. The van der Waals surface area contributed by atoms with Crippen molar-refractivity contribution in [3.63, 3.8) is 0 Å². The van der Waals surface area contributed by atoms with Crippen LogP contribution in [0.4, 0.5) is 5.69 Å². The second kappa shape index (κ2) is 7.37. The summed E-state index contributed by atoms with van der Waals surface area (Å²) in [6.45, 7) is 0.371. The summed E-state index contributed by atoms with van der Waals surface area (Å²) in [5.74, 6) is -0.189. The van der Waals surface area contributed by atoms with Gasteiger partial charge < -0.3 is 4.90 Å². The van der Waals surface area contributed by atoms with E-state index in [1.54, 1.807) is 42.3 Å². The summed E-state index contributed by atoms with van der Waals surface area (Å²) < 4.78 is 27.4. The van der Waals surface area contributed by atoms with Crippen molar-refractivity contribution in [1.29, 1.82) is 0 Å². The van der Waals surface area contributed by atoms with Crippen molar-refractivity contribution < 1.29 is 13.2 Å². The van der Waals surface area contributed by atoms with Crippen LogP contribution in [0.2, 0.25) is 0 Å². The molecule has 3 rings (SSSR count). The summed E-state index contributed by atoms with van der Waals surface area (Å²) in [5.41, 5.74) is 0.759. The summed E-state index contributed by atoms with van der Waals surface area (Å²) in [5, 5.41) is 0. The van der Waals surface area contributed by atoms with Crippen molar-refractivity contribution in [2.45, 2.75) is 30.2 Å². The average Bonchev–Trinajstić information content (AvgIpc) is 2.68. The Morgan fingerprint density at radius 3 is 2.24 bits per heavy atom. The number of likely N-dealkylation sites (N-methyl/N-ethyl adjacent to an activating group) is 1. The van der Waals surface area contributed by atoms with Gasteiger partial charge in [-0.15, -0.1) is 0 Å². The average molecular weight is 358 g/mol. The van der Waals surface area contributed by atoms with Gasteiger partial charge in [-0.3, -0.25) is 4.79 Å². The third-order valence-electron chi connectivity index (χ3n) is 4.56. The van der Waals surface area contributed by atoms with E-state index in [9.17, 15) is 13.2 Å². The Morgan fingerprint density at radius 2 is 1.60 bits per heavy atom. The van der Waals surface area contributed by atoms with Crippen molar-refractivity contribution in [2.75, 3.05) is 18.5 Å². The van der Waals surface area contributed by atoms with E-state index in [0.717, 1.165) is 18.5 Å². The Hall–Kier alpha value is -2.18. The van der Waals surface area contributed by atoms with Crippen LogP contribution in [0.25, 0.3) is 0 Å². The number of benzene rings is 2. The summed E-state index contributed by atoms with van der Waals surface area (Å²) in [6.07, 6.45) is 2.16. The molecule has 0 N–H and O–H groups in total. The first-order chi connectivity index (χ1) is 12.0. The van der Waals surface area contributed by atoms with Crippen LogP contribution in [0.1, 0.15) is 19.3 Å². The van der Waals surface area contributed by atoms with E-state index < -0.39 is 16.1 Å². The number of hydrogen-bond donors (Lipinski definition) is 0. The minimum Gasteiger partial charge on any atom is -0.314 e. The van der Waals surface area contributed by atoms with Crippen molar-refractivity contribution in [3.05, 3.63) is 60.7 Å². The molecule has 2 aromatic rings. The smallest absolute Gasteiger partial charge is 0.245 e. The monoisotopic (exact) mass is 358 g/mol. The number of rotatable bonds is 4. The molecule has 0 bridgehead atoms. The van der Waals surface area contributed by atoms with Gasteiger partial charge in [-0.25, -0.2) is 8.42 Å². The van der Waals surface area contributed by atoms with E-state index in [4.69, 9.17) is 0 Å². The lowest BCUT2D eigenvalue weighted by Gasteiger charge is -2.35. The first-order valence-corrected chi connectivity index (χ1v) is 9.85. The van der Waals surface area contributed by atoms with E-state index in [2.05, 4.69) is 0 Å². The van der Waals surface area contributed by atoms with Crippen LogP contribution >= 0.6 is 0 Å². The van der Waals surface area contributed by atoms with E-state index in [1.165, 1.54) is 4.31 Å². The van der Waals surface area contributed by atoms with E-state index in [-0.39, 0.29) is 10.8 Å². The molecule has 1 aliphatic heterocycles. The number of nitrogens with zero attached hydrogens (tertiary/aromatic N) is 2. The summed E-state index contributed by atoms with van der Waals surface area (Å²) >= 11 is 0. The summed E-state index contributed by atoms with van der Waals surface area (Å²) in [4.78, 5) is 14.8. The Morgan fingerprint density at radius 1 is 1.00 bits per heavy atom. The largest absolute Gasteiger partial charge is 0.314 e. The predicted octanol–water partition coefficient (Wildman–Crippen LogP) is 2.89. The molecule has 1 fully saturated rings. The fourth-order valence-electron chi connectivity index (χ4n) is 3.17. The zero-order chi connectivity index (χ0) is 17.9. The second-order valence-corrected chi connectivity index (χ2v) is 8.06. The van der Waals surface area contributed by atoms with Crippen molar-refractivity contribution in [1.82, 2.24) is 4.31 Å². The minimum absolute atomic E-state index is 0.189. The molecule has 0 unspecified atom stereocenters. The fraction of sp³-hybridized carbons (Fsp3) is 0.316. The molecule has 0 radical (unpaired) electrons. The van der Waals surface area contributed by atoms with Crippen LogP contribution in [-0.4, -0.2) is 38.3 Å². The molecule has 0 spiro atoms. The highest BCUT2D eigenvalue weighted by molar-refractivity contribution is 7.89. The second-order valence-electron chi connectivity index (χ2n) is 6.17. The molecule has 1 amide bonds. The zero-order valence-corrected chi connectivity index (χ0v) is 15.0. The van der Waals surface area contributed by atoms with Gasteiger partial charge >= 0.3 is 0 Å². The highest BCUT2D eigenvalue weighted by Gasteiger charge is 2.38. The predicted molar refractivity (Wildman–Crippen MR) is 97.8 cm³/mol. The first-order valence-electron chi connectivity index (χ1n) is 8.41. The fourth-order valence-corrected chi connectivity index (χ4v) is 4.84. The molecular weight excluding hydrogens is 336 g/mol. The molecule has 0 saturated carbocycles. The maximum absolute atomic E-state index is 13.0. The van der Waals surface area contributed by atoms with Gasteiger partial charge in [-0.1, -0.05) is 42.8 Å². The van der Waals surface area contributed by atoms with E-state index >= 15 is 0 Å². The lowest BCUT2D eigenvalue weighted by molar-refractivity contribution is -0.122. The molecule has 6 heteroatoms. The molecule has 1 aliphatic rings. The van der Waals surface area contributed by atoms with Gasteiger partial charge in [-0.2, -0.15) is 4.31 Å². The Balaban J connectivity index is 1.90. The molecule has 0 aromatic heterocycles. The van der Waals surface area contributed by atoms with E-state index in [0.29, 0.717) is 13.0 Å². The molecule has 1 saturated heterocycles. The number of hydrogen-bond acceptors (Lipinski definition) is 3. The molecule has 5 nitrogen and oxygen atoms in total. The van der Waals surface area contributed by atoms with Crippen molar-refractivity contribution >= 4 is 21.6 Å². The molecule has 2 aromatic carbocycles. The van der Waals surface area contributed by atoms with Crippen LogP contribution in [0.15, 0.2) is 65.6 Å². The molecule has 25 heavy (non-hydrogen) atoms. The third-order valence-corrected chi connectivity index (χ3v) is 6.49. The van der Waals surface area contributed by atoms with Crippen LogP contribution < -0.4 is 4.90 Å². The highest BCUT2D eigenvalue weighted by atomic mass is 32.2. The van der Waals surface area contributed by atoms with Crippen LogP contribution in [0, 0.1) is 0 Å². The quantitative estimate of drug-likeness (QED) is 0.844. The van der Waals surface area contributed by atoms with E-state index in [1.807, 2.05) is 30.3 Å². The topological polar surface area (TPSA) is 57.7 Å². The SMILES string of the molecule is CN(C(=O)[C@H]1CCCCN1S(=O)(=O)c1ccccc1)c1ccccc1. The normalized spacial score (nSPS) is 18.7. The molecule has 132 valence electrons. The lowest BCUT2D eigenvalue weighted by atomic mass is 10.0. The van der Waals surface area contributed by atoms with Gasteiger partial charge in [0.15, 0.2) is 0 Å². The maximum atomic E-state index is 13.0. The number of amides is 1. The number of para-hydroxylation sites is 1. The molecule has 1 atom stereocenters. The minimum atomic E-state index is -3.69. The summed E-state index contributed by atoms with van der Waals surface area (Å²) in [7, 11) is -1.99. The zero-order valence-electron chi connectivity index (χ0n) is 14.2. The number of carbonyl (C=O) groups is 1. The van der Waals surface area contributed by atoms with Gasteiger partial charge in [-0.05, 0) is 37.1 Å². The van der Waals surface area contributed by atoms with Crippen LogP contribution in [-0.2, 0) is 14.8 Å². The Labute approximate surface area is 148 Å². The first kappa shape index (κ1) is 17.6. The van der Waals surface area contributed by atoms with Gasteiger partial charge in [0.1, 0.15) is 6.04 Å². The number of anilines is 1. The van der Waals surface area contributed by atoms with Gasteiger partial charge in [0.05, 0.1) is 4.90 Å². The van der Waals surface area contributed by atoms with Gasteiger partial charge in [0.25, 0.3) is 0 Å². The maximum Gasteiger partial charge on any atom is 0.245 e. The molecular formula is C19H22N2O3S. The van der Waals surface area contributed by atoms with Gasteiger partial charge in [0.2, 0.25) is 15.9 Å². The van der Waals surface area contributed by atoms with Crippen molar-refractivity contribution in [2.24, 2.45) is 0 Å². The van der Waals surface area contributed by atoms with Crippen LogP contribution in [0.3, 0.4) is 0 Å². The lowest BCUT2D eigenvalue weighted by Crippen LogP contribution is -2.52. The van der Waals surface area contributed by atoms with Crippen molar-refractivity contribution in [3.8, 4) is 0 Å². The highest BCUT2D eigenvalue weighted by Crippen LogP contribution is 2.27. The number of carbonyl (C=O) groups excluding carboxylic acids is 1. The standard InChI is InChI=1S/C19H22N2O3S/c1-20(16-10-4-2-5-11-16)19(22)18-14-8-9-15-21(18)25(23,24)17-12-6-3-7-13-17/h2-7,10-13,18H,8-9,14-15H2,1H3/t18-/m1/s1. The summed E-state index contributed by atoms with van der Waals surface area (Å²) in [6, 6.07) is 17.0. The molecule has 1 heterocycles. The molecule has 0 aliphatic carbocycles. The number of piperidine rings is 1. The van der Waals surface area contributed by atoms with Gasteiger partial charge in [0, 0.05) is 19.3 Å². The number of sulfonamides is 1.